The van der Waals surface area contributed by atoms with Crippen molar-refractivity contribution < 1.29 is 4.79 Å². The molecular weight excluding hydrogens is 452 g/mol. The maximum atomic E-state index is 12.7. The number of amides is 1. The number of nitrogen functional groups attached to an aromatic ring is 1. The van der Waals surface area contributed by atoms with Crippen LogP contribution in [0.3, 0.4) is 0 Å². The molecule has 0 unspecified atom stereocenters. The Balaban J connectivity index is 1.54. The van der Waals surface area contributed by atoms with Gasteiger partial charge >= 0.3 is 0 Å². The first-order valence-corrected chi connectivity index (χ1v) is 10.8. The monoisotopic (exact) mass is 472 g/mol. The fourth-order valence-corrected chi connectivity index (χ4v) is 3.86. The Kier molecular flexibility index (Phi) is 6.87. The second-order valence-corrected chi connectivity index (χ2v) is 8.18. The summed E-state index contributed by atoms with van der Waals surface area (Å²) in [5.74, 6) is 0.235. The van der Waals surface area contributed by atoms with Gasteiger partial charge in [-0.2, -0.15) is 0 Å². The molecule has 10 heteroatoms. The number of halogens is 1. The van der Waals surface area contributed by atoms with Gasteiger partial charge in [-0.15, -0.1) is 0 Å². The predicted octanol–water partition coefficient (Wildman–Crippen LogP) is 4.90. The summed E-state index contributed by atoms with van der Waals surface area (Å²) in [6, 6.07) is 12.7. The Morgan fingerprint density at radius 2 is 2.03 bits per heavy atom. The van der Waals surface area contributed by atoms with Crippen molar-refractivity contribution in [2.45, 2.75) is 26.4 Å². The molecule has 0 saturated heterocycles. The number of anilines is 1. The molecule has 34 heavy (non-hydrogen) atoms. The van der Waals surface area contributed by atoms with E-state index in [9.17, 15) is 4.79 Å². The van der Waals surface area contributed by atoms with Gasteiger partial charge in [-0.05, 0) is 59.5 Å². The first-order chi connectivity index (χ1) is 16.4. The van der Waals surface area contributed by atoms with Crippen LogP contribution in [0.2, 0.25) is 5.02 Å². The van der Waals surface area contributed by atoms with E-state index >= 15 is 0 Å². The van der Waals surface area contributed by atoms with Gasteiger partial charge < -0.3 is 11.1 Å². The van der Waals surface area contributed by atoms with Crippen molar-refractivity contribution in [3.63, 3.8) is 0 Å². The number of pyridine rings is 3. The Labute approximate surface area is 200 Å². The molecule has 4 rings (SSSR count). The summed E-state index contributed by atoms with van der Waals surface area (Å²) in [6.45, 7) is 2.37. The average molecular weight is 473 g/mol. The quantitative estimate of drug-likeness (QED) is 0.223. The van der Waals surface area contributed by atoms with E-state index < -0.39 is 0 Å². The van der Waals surface area contributed by atoms with Crippen LogP contribution in [0.1, 0.15) is 38.4 Å². The third-order valence-electron chi connectivity index (χ3n) is 5.31. The minimum Gasteiger partial charge on any atom is -0.384 e. The predicted molar refractivity (Wildman–Crippen MR) is 131 cm³/mol. The molecule has 0 spiro atoms. The molecule has 0 radical (unpaired) electrons. The number of hydrogen-bond acceptors (Lipinski definition) is 6. The van der Waals surface area contributed by atoms with Crippen LogP contribution in [0.4, 0.5) is 5.82 Å². The summed E-state index contributed by atoms with van der Waals surface area (Å²) in [6.07, 6.45) is 3.66. The second-order valence-electron chi connectivity index (χ2n) is 7.75. The molecule has 0 bridgehead atoms. The number of nitrogens with zero attached hydrogens (tertiary/aromatic N) is 6. The highest BCUT2D eigenvalue weighted by Crippen LogP contribution is 2.24. The van der Waals surface area contributed by atoms with Gasteiger partial charge in [-0.1, -0.05) is 28.8 Å². The van der Waals surface area contributed by atoms with Gasteiger partial charge in [0.25, 0.3) is 5.91 Å². The number of rotatable bonds is 7. The number of benzene rings is 1. The maximum absolute atomic E-state index is 12.7. The van der Waals surface area contributed by atoms with Crippen LogP contribution < -0.4 is 11.1 Å². The average Bonchev–Trinajstić information content (AvgIpc) is 2.81. The van der Waals surface area contributed by atoms with Crippen LogP contribution in [-0.2, 0) is 19.5 Å². The van der Waals surface area contributed by atoms with Gasteiger partial charge in [0.05, 0.1) is 17.1 Å². The molecule has 0 saturated carbocycles. The summed E-state index contributed by atoms with van der Waals surface area (Å²) < 4.78 is 0. The van der Waals surface area contributed by atoms with E-state index in [-0.39, 0.29) is 12.5 Å². The minimum absolute atomic E-state index is 0.171. The number of hydrogen-bond donors (Lipinski definition) is 2. The smallest absolute Gasteiger partial charge is 0.251 e. The van der Waals surface area contributed by atoms with Crippen molar-refractivity contribution in [1.29, 1.82) is 0 Å². The molecular formula is C24H21ClN8O. The fourth-order valence-electron chi connectivity index (χ4n) is 3.70. The zero-order valence-corrected chi connectivity index (χ0v) is 19.1. The molecule has 170 valence electrons. The van der Waals surface area contributed by atoms with Crippen molar-refractivity contribution in [3.8, 4) is 0 Å². The Bertz CT molecular complexity index is 1430. The number of carbonyl (C=O) groups is 1. The molecule has 4 aromatic rings. The van der Waals surface area contributed by atoms with Gasteiger partial charge in [0.15, 0.2) is 0 Å². The SMILES string of the molecule is Cc1nc(N)ccc1CNC(=O)c1ccnc(Cc2cc(CN=[N+]=[N-])c3ncc(Cl)cc3c2)c1. The molecule has 0 aliphatic rings. The number of azide groups is 1. The highest BCUT2D eigenvalue weighted by atomic mass is 35.5. The Morgan fingerprint density at radius 3 is 2.82 bits per heavy atom. The Hall–Kier alpha value is -4.20. The summed E-state index contributed by atoms with van der Waals surface area (Å²) >= 11 is 6.12. The highest BCUT2D eigenvalue weighted by Gasteiger charge is 2.11. The van der Waals surface area contributed by atoms with Crippen LogP contribution >= 0.6 is 11.6 Å². The number of aromatic nitrogens is 3. The van der Waals surface area contributed by atoms with Crippen molar-refractivity contribution in [2.24, 2.45) is 5.11 Å². The lowest BCUT2D eigenvalue weighted by atomic mass is 10.0. The number of nitrogens with one attached hydrogen (secondary N) is 1. The normalized spacial score (nSPS) is 10.6. The molecule has 0 aliphatic carbocycles. The van der Waals surface area contributed by atoms with Crippen LogP contribution in [0, 0.1) is 6.92 Å². The number of fused-ring (bicyclic) bond motifs is 1. The van der Waals surface area contributed by atoms with E-state index in [4.69, 9.17) is 22.9 Å². The van der Waals surface area contributed by atoms with Crippen LogP contribution in [-0.4, -0.2) is 20.9 Å². The molecule has 3 N–H and O–H groups in total. The fraction of sp³-hybridized carbons (Fsp3) is 0.167. The van der Waals surface area contributed by atoms with Crippen molar-refractivity contribution in [2.75, 3.05) is 5.73 Å². The summed E-state index contributed by atoms with van der Waals surface area (Å²) in [7, 11) is 0. The van der Waals surface area contributed by atoms with Gasteiger partial charge in [0, 0.05) is 52.6 Å². The van der Waals surface area contributed by atoms with E-state index in [0.29, 0.717) is 29.4 Å². The third-order valence-corrected chi connectivity index (χ3v) is 5.52. The molecule has 1 amide bonds. The van der Waals surface area contributed by atoms with E-state index in [1.54, 1.807) is 30.6 Å². The summed E-state index contributed by atoms with van der Waals surface area (Å²) in [4.78, 5) is 28.6. The standard InChI is InChI=1S/C24H21ClN8O/c1-14-17(2-3-22(26)32-14)11-30-24(34)16-4-5-28-21(10-16)8-15-6-18-9-20(25)13-29-23(18)19(7-15)12-31-33-27/h2-7,9-10,13H,8,11-12H2,1H3,(H2,26,32)(H,30,34). The molecule has 1 aromatic carbocycles. The van der Waals surface area contributed by atoms with Gasteiger partial charge in [-0.25, -0.2) is 4.98 Å². The maximum Gasteiger partial charge on any atom is 0.251 e. The van der Waals surface area contributed by atoms with Crippen LogP contribution in [0.5, 0.6) is 0 Å². The number of carbonyl (C=O) groups excluding carboxylic acids is 1. The van der Waals surface area contributed by atoms with Crippen LogP contribution in [0.25, 0.3) is 21.3 Å². The molecule has 3 heterocycles. The van der Waals surface area contributed by atoms with Crippen LogP contribution in [0.15, 0.2) is 60.0 Å². The second kappa shape index (κ2) is 10.2. The van der Waals surface area contributed by atoms with E-state index in [1.165, 1.54) is 0 Å². The Morgan fingerprint density at radius 1 is 1.18 bits per heavy atom. The third kappa shape index (κ3) is 5.40. The molecule has 0 aliphatic heterocycles. The largest absolute Gasteiger partial charge is 0.384 e. The molecule has 3 aromatic heterocycles. The van der Waals surface area contributed by atoms with Gasteiger partial charge in [0.2, 0.25) is 0 Å². The zero-order chi connectivity index (χ0) is 24.1. The summed E-state index contributed by atoms with van der Waals surface area (Å²) in [5.41, 5.74) is 19.8. The van der Waals surface area contributed by atoms with Crippen molar-refractivity contribution in [1.82, 2.24) is 20.3 Å². The van der Waals surface area contributed by atoms with E-state index in [0.717, 1.165) is 39.0 Å². The summed E-state index contributed by atoms with van der Waals surface area (Å²) in [5, 5.41) is 7.95. The first kappa shape index (κ1) is 23.0. The topological polar surface area (TPSA) is 143 Å². The van der Waals surface area contributed by atoms with E-state index in [2.05, 4.69) is 30.3 Å². The lowest BCUT2D eigenvalue weighted by Crippen LogP contribution is -2.23. The van der Waals surface area contributed by atoms with Crippen molar-refractivity contribution >= 4 is 34.2 Å². The van der Waals surface area contributed by atoms with Crippen molar-refractivity contribution in [3.05, 3.63) is 104 Å². The number of aryl methyl sites for hydroxylation is 1. The highest BCUT2D eigenvalue weighted by molar-refractivity contribution is 6.31. The molecule has 0 fully saturated rings. The van der Waals surface area contributed by atoms with Gasteiger partial charge in [0.1, 0.15) is 5.82 Å². The lowest BCUT2D eigenvalue weighted by Gasteiger charge is -2.10. The lowest BCUT2D eigenvalue weighted by molar-refractivity contribution is 0.0950. The first-order valence-electron chi connectivity index (χ1n) is 10.5. The minimum atomic E-state index is -0.210. The number of nitrogens with two attached hydrogens (primary N) is 1. The van der Waals surface area contributed by atoms with Gasteiger partial charge in [-0.3, -0.25) is 14.8 Å². The molecule has 0 atom stereocenters. The molecule has 9 nitrogen and oxygen atoms in total. The zero-order valence-electron chi connectivity index (χ0n) is 18.4. The van der Waals surface area contributed by atoms with E-state index in [1.807, 2.05) is 31.2 Å².